The van der Waals surface area contributed by atoms with Crippen molar-refractivity contribution in [1.29, 1.82) is 0 Å². The molecule has 0 unspecified atom stereocenters. The van der Waals surface area contributed by atoms with Crippen molar-refractivity contribution in [3.8, 4) is 0 Å². The summed E-state index contributed by atoms with van der Waals surface area (Å²) in [5.74, 6) is 0.158. The number of hydrogen-bond acceptors (Lipinski definition) is 6. The molecular formula is C24H27N3O2S3. The molecule has 0 spiro atoms. The van der Waals surface area contributed by atoms with Gasteiger partial charge in [0.2, 0.25) is 5.91 Å². The number of rotatable bonds is 6. The molecule has 2 aliphatic carbocycles. The van der Waals surface area contributed by atoms with Crippen LogP contribution in [0.5, 0.6) is 0 Å². The maximum absolute atomic E-state index is 13.7. The second kappa shape index (κ2) is 9.61. The molecule has 8 heteroatoms. The molecule has 2 aromatic heterocycles. The van der Waals surface area contributed by atoms with E-state index in [0.717, 1.165) is 65.7 Å². The number of aromatic nitrogens is 2. The smallest absolute Gasteiger partial charge is 0.263 e. The summed E-state index contributed by atoms with van der Waals surface area (Å²) in [6.45, 7) is 0. The summed E-state index contributed by atoms with van der Waals surface area (Å²) >= 11 is 4.71. The highest BCUT2D eigenvalue weighted by Gasteiger charge is 2.27. The average molecular weight is 486 g/mol. The maximum Gasteiger partial charge on any atom is 0.263 e. The number of aryl methyl sites for hydroxylation is 2. The lowest BCUT2D eigenvalue weighted by Crippen LogP contribution is -2.27. The molecule has 1 saturated carbocycles. The van der Waals surface area contributed by atoms with Gasteiger partial charge in [-0.15, -0.1) is 23.1 Å². The molecular weight excluding hydrogens is 458 g/mol. The summed E-state index contributed by atoms with van der Waals surface area (Å²) in [7, 11) is 0. The second-order valence-electron chi connectivity index (χ2n) is 8.47. The topological polar surface area (TPSA) is 64.0 Å². The number of nitrogens with zero attached hydrogens (tertiary/aromatic N) is 2. The number of amides is 1. The van der Waals surface area contributed by atoms with Crippen molar-refractivity contribution < 1.29 is 4.79 Å². The number of carbonyl (C=O) groups is 1. The molecule has 3 aromatic rings. The Morgan fingerprint density at radius 3 is 2.84 bits per heavy atom. The molecule has 168 valence electrons. The van der Waals surface area contributed by atoms with E-state index in [0.29, 0.717) is 5.16 Å². The predicted octanol–water partition coefficient (Wildman–Crippen LogP) is 5.90. The Bertz CT molecular complexity index is 1210. The van der Waals surface area contributed by atoms with E-state index in [1.807, 2.05) is 35.1 Å². The number of fused-ring (bicyclic) bond motifs is 3. The number of carbonyl (C=O) groups excluding carboxylic acids is 1. The fraction of sp³-hybridized carbons (Fsp3) is 0.458. The van der Waals surface area contributed by atoms with Crippen LogP contribution < -0.4 is 10.9 Å². The Morgan fingerprint density at radius 1 is 1.22 bits per heavy atom. The standard InChI is InChI=1S/C24H27N3O2S3/c1-30-17-10-6-7-15(13-17)25-20(28)14-31-24-26-22-21(18-11-4-5-12-19(18)32-22)23(29)27(24)16-8-2-3-9-16/h6-7,10,13,16H,2-5,8-9,11-12,14H2,1H3,(H,25,28). The number of thioether (sulfide) groups is 2. The summed E-state index contributed by atoms with van der Waals surface area (Å²) in [5.41, 5.74) is 2.14. The summed E-state index contributed by atoms with van der Waals surface area (Å²) in [6, 6.07) is 8.04. The SMILES string of the molecule is CSc1cccc(NC(=O)CSc2nc3sc4c(c3c(=O)n2C2CCCC2)CCCC4)c1. The molecule has 1 aromatic carbocycles. The fourth-order valence-electron chi connectivity index (χ4n) is 4.81. The lowest BCUT2D eigenvalue weighted by Gasteiger charge is -2.18. The summed E-state index contributed by atoms with van der Waals surface area (Å²) in [5, 5.41) is 4.52. The van der Waals surface area contributed by atoms with Gasteiger partial charge in [0.05, 0.1) is 11.1 Å². The minimum atomic E-state index is -0.0777. The molecule has 1 N–H and O–H groups in total. The lowest BCUT2D eigenvalue weighted by molar-refractivity contribution is -0.113. The number of thiophene rings is 1. The molecule has 0 aliphatic heterocycles. The number of benzene rings is 1. The van der Waals surface area contributed by atoms with Gasteiger partial charge in [0.15, 0.2) is 5.16 Å². The largest absolute Gasteiger partial charge is 0.325 e. The van der Waals surface area contributed by atoms with E-state index >= 15 is 0 Å². The van der Waals surface area contributed by atoms with Gasteiger partial charge in [-0.3, -0.25) is 14.2 Å². The first-order chi connectivity index (χ1) is 15.6. The van der Waals surface area contributed by atoms with Crippen molar-refractivity contribution in [3.05, 3.63) is 45.1 Å². The highest BCUT2D eigenvalue weighted by molar-refractivity contribution is 7.99. The zero-order chi connectivity index (χ0) is 22.1. The van der Waals surface area contributed by atoms with Crippen LogP contribution in [0.25, 0.3) is 10.2 Å². The maximum atomic E-state index is 13.7. The van der Waals surface area contributed by atoms with Gasteiger partial charge in [-0.05, 0) is 68.5 Å². The summed E-state index contributed by atoms with van der Waals surface area (Å²) in [6.07, 6.45) is 10.7. The zero-order valence-electron chi connectivity index (χ0n) is 18.2. The van der Waals surface area contributed by atoms with E-state index in [2.05, 4.69) is 5.32 Å². The third kappa shape index (κ3) is 4.37. The van der Waals surface area contributed by atoms with Gasteiger partial charge in [0.25, 0.3) is 5.56 Å². The third-order valence-corrected chi connectivity index (χ3v) is 9.23. The summed E-state index contributed by atoms with van der Waals surface area (Å²) < 4.78 is 1.92. The van der Waals surface area contributed by atoms with Crippen LogP contribution in [-0.2, 0) is 17.6 Å². The van der Waals surface area contributed by atoms with Gasteiger partial charge in [-0.25, -0.2) is 4.98 Å². The molecule has 0 bridgehead atoms. The lowest BCUT2D eigenvalue weighted by atomic mass is 9.97. The Balaban J connectivity index is 1.44. The molecule has 0 atom stereocenters. The van der Waals surface area contributed by atoms with Gasteiger partial charge < -0.3 is 5.32 Å². The molecule has 5 rings (SSSR count). The average Bonchev–Trinajstić information content (AvgIpc) is 3.45. The number of nitrogens with one attached hydrogen (secondary N) is 1. The molecule has 2 aliphatic rings. The first-order valence-electron chi connectivity index (χ1n) is 11.3. The van der Waals surface area contributed by atoms with E-state index in [1.165, 1.54) is 28.6 Å². The van der Waals surface area contributed by atoms with Gasteiger partial charge in [0.1, 0.15) is 4.83 Å². The van der Waals surface area contributed by atoms with Crippen molar-refractivity contribution in [2.45, 2.75) is 67.5 Å². The Morgan fingerprint density at radius 2 is 2.03 bits per heavy atom. The van der Waals surface area contributed by atoms with E-state index in [-0.39, 0.29) is 23.3 Å². The fourth-order valence-corrected chi connectivity index (χ4v) is 7.44. The number of anilines is 1. The van der Waals surface area contributed by atoms with Gasteiger partial charge in [-0.1, -0.05) is 30.7 Å². The minimum Gasteiger partial charge on any atom is -0.325 e. The van der Waals surface area contributed by atoms with Crippen molar-refractivity contribution in [2.75, 3.05) is 17.3 Å². The Kier molecular flexibility index (Phi) is 6.62. The monoisotopic (exact) mass is 485 g/mol. The van der Waals surface area contributed by atoms with Gasteiger partial charge in [0, 0.05) is 21.5 Å². The number of hydrogen-bond donors (Lipinski definition) is 1. The summed E-state index contributed by atoms with van der Waals surface area (Å²) in [4.78, 5) is 34.6. The predicted molar refractivity (Wildman–Crippen MR) is 136 cm³/mol. The van der Waals surface area contributed by atoms with Crippen LogP contribution in [0.15, 0.2) is 39.1 Å². The van der Waals surface area contributed by atoms with Crippen molar-refractivity contribution >= 4 is 56.7 Å². The van der Waals surface area contributed by atoms with E-state index in [4.69, 9.17) is 4.98 Å². The van der Waals surface area contributed by atoms with E-state index < -0.39 is 0 Å². The van der Waals surface area contributed by atoms with Crippen LogP contribution in [0.1, 0.15) is 55.0 Å². The molecule has 32 heavy (non-hydrogen) atoms. The van der Waals surface area contributed by atoms with Crippen molar-refractivity contribution in [2.24, 2.45) is 0 Å². The highest BCUT2D eigenvalue weighted by Crippen LogP contribution is 2.37. The van der Waals surface area contributed by atoms with Crippen LogP contribution in [0.2, 0.25) is 0 Å². The zero-order valence-corrected chi connectivity index (χ0v) is 20.6. The Labute approximate surface area is 200 Å². The quantitative estimate of drug-likeness (QED) is 0.348. The highest BCUT2D eigenvalue weighted by atomic mass is 32.2. The Hall–Kier alpha value is -1.77. The van der Waals surface area contributed by atoms with Crippen molar-refractivity contribution in [1.82, 2.24) is 9.55 Å². The third-order valence-electron chi connectivity index (χ3n) is 6.36. The van der Waals surface area contributed by atoms with Crippen molar-refractivity contribution in [3.63, 3.8) is 0 Å². The van der Waals surface area contributed by atoms with Gasteiger partial charge in [-0.2, -0.15) is 0 Å². The molecule has 0 radical (unpaired) electrons. The van der Waals surface area contributed by atoms with Crippen LogP contribution in [0.4, 0.5) is 5.69 Å². The van der Waals surface area contributed by atoms with Crippen LogP contribution in [0.3, 0.4) is 0 Å². The normalized spacial score (nSPS) is 16.4. The first-order valence-corrected chi connectivity index (χ1v) is 14.3. The second-order valence-corrected chi connectivity index (χ2v) is 11.4. The van der Waals surface area contributed by atoms with E-state index in [1.54, 1.807) is 23.1 Å². The molecule has 0 saturated heterocycles. The molecule has 5 nitrogen and oxygen atoms in total. The molecule has 2 heterocycles. The van der Waals surface area contributed by atoms with Gasteiger partial charge >= 0.3 is 0 Å². The molecule has 1 amide bonds. The first kappa shape index (κ1) is 22.0. The van der Waals surface area contributed by atoms with Crippen LogP contribution >= 0.6 is 34.9 Å². The van der Waals surface area contributed by atoms with E-state index in [9.17, 15) is 9.59 Å². The molecule has 1 fully saturated rings. The van der Waals surface area contributed by atoms with Crippen LogP contribution in [-0.4, -0.2) is 27.5 Å². The van der Waals surface area contributed by atoms with Crippen LogP contribution in [0, 0.1) is 0 Å². The minimum absolute atomic E-state index is 0.0777.